The van der Waals surface area contributed by atoms with Crippen molar-refractivity contribution in [2.75, 3.05) is 26.8 Å². The molecule has 0 rings (SSSR count). The van der Waals surface area contributed by atoms with E-state index in [1.807, 2.05) is 6.92 Å². The Hall–Kier alpha value is -0.610. The molecule has 0 aromatic heterocycles. The van der Waals surface area contributed by atoms with Crippen molar-refractivity contribution in [2.24, 2.45) is 5.92 Å². The Bertz CT molecular complexity index is 139. The van der Waals surface area contributed by atoms with Gasteiger partial charge >= 0.3 is 5.97 Å². The lowest BCUT2D eigenvalue weighted by atomic mass is 10.1. The van der Waals surface area contributed by atoms with Gasteiger partial charge in [-0.2, -0.15) is 0 Å². The van der Waals surface area contributed by atoms with E-state index in [1.54, 1.807) is 7.11 Å². The molecular weight excluding hydrogens is 170 g/mol. The number of carboxylic acids is 1. The third-order valence-corrected chi connectivity index (χ3v) is 1.93. The number of carboxylic acid groups (broad SMARTS) is 1. The highest BCUT2D eigenvalue weighted by atomic mass is 16.5. The van der Waals surface area contributed by atoms with E-state index >= 15 is 0 Å². The molecule has 0 radical (unpaired) electrons. The van der Waals surface area contributed by atoms with E-state index in [0.717, 1.165) is 19.6 Å². The van der Waals surface area contributed by atoms with Crippen molar-refractivity contribution >= 4 is 5.97 Å². The van der Waals surface area contributed by atoms with E-state index < -0.39 is 5.97 Å². The fourth-order valence-electron chi connectivity index (χ4n) is 1.02. The number of carbonyl (C=O) groups is 1. The fourth-order valence-corrected chi connectivity index (χ4v) is 1.02. The van der Waals surface area contributed by atoms with Crippen LogP contribution in [0, 0.1) is 5.92 Å². The quantitative estimate of drug-likeness (QED) is 0.552. The van der Waals surface area contributed by atoms with E-state index in [0.29, 0.717) is 13.0 Å². The van der Waals surface area contributed by atoms with Gasteiger partial charge < -0.3 is 15.2 Å². The molecule has 1 atom stereocenters. The van der Waals surface area contributed by atoms with Crippen molar-refractivity contribution in [1.82, 2.24) is 5.32 Å². The van der Waals surface area contributed by atoms with Crippen LogP contribution in [0.4, 0.5) is 0 Å². The summed E-state index contributed by atoms with van der Waals surface area (Å²) in [6.45, 7) is 3.97. The first-order chi connectivity index (χ1) is 6.22. The molecule has 2 N–H and O–H groups in total. The molecule has 0 bridgehead atoms. The second kappa shape index (κ2) is 8.01. The second-order valence-electron chi connectivity index (χ2n) is 2.99. The minimum atomic E-state index is -0.721. The maximum atomic E-state index is 10.6. The van der Waals surface area contributed by atoms with Crippen LogP contribution in [-0.4, -0.2) is 37.9 Å². The summed E-state index contributed by atoms with van der Waals surface area (Å²) in [4.78, 5) is 10.6. The van der Waals surface area contributed by atoms with Crippen molar-refractivity contribution in [3.05, 3.63) is 0 Å². The predicted molar refractivity (Wildman–Crippen MR) is 50.8 cm³/mol. The Morgan fingerprint density at radius 2 is 2.31 bits per heavy atom. The summed E-state index contributed by atoms with van der Waals surface area (Å²) in [6.07, 6.45) is 1.60. The van der Waals surface area contributed by atoms with Gasteiger partial charge in [0.25, 0.3) is 0 Å². The number of rotatable bonds is 8. The van der Waals surface area contributed by atoms with Gasteiger partial charge in [-0.15, -0.1) is 0 Å². The van der Waals surface area contributed by atoms with Crippen LogP contribution in [0.15, 0.2) is 0 Å². The zero-order chi connectivity index (χ0) is 10.1. The summed E-state index contributed by atoms with van der Waals surface area (Å²) in [5, 5.41) is 11.8. The lowest BCUT2D eigenvalue weighted by molar-refractivity contribution is -0.141. The maximum Gasteiger partial charge on any atom is 0.307 e. The number of methoxy groups -OCH3 is 1. The smallest absolute Gasteiger partial charge is 0.307 e. The summed E-state index contributed by atoms with van der Waals surface area (Å²) < 4.78 is 4.87. The average Bonchev–Trinajstić information content (AvgIpc) is 2.10. The Labute approximate surface area is 79.3 Å². The standard InChI is InChI=1S/C9H19NO3/c1-3-8(9(11)12)7-10-5-4-6-13-2/h8,10H,3-7H2,1-2H3,(H,11,12). The number of nitrogens with one attached hydrogen (secondary N) is 1. The molecule has 0 saturated heterocycles. The number of aliphatic carboxylic acids is 1. The van der Waals surface area contributed by atoms with Gasteiger partial charge in [-0.1, -0.05) is 6.92 Å². The SMILES string of the molecule is CCC(CNCCCOC)C(=O)O. The van der Waals surface area contributed by atoms with Crippen molar-refractivity contribution in [2.45, 2.75) is 19.8 Å². The predicted octanol–water partition coefficient (Wildman–Crippen LogP) is 0.723. The minimum Gasteiger partial charge on any atom is -0.481 e. The van der Waals surface area contributed by atoms with Gasteiger partial charge in [-0.3, -0.25) is 4.79 Å². The molecule has 0 amide bonds. The summed E-state index contributed by atoms with van der Waals surface area (Å²) >= 11 is 0. The Morgan fingerprint density at radius 1 is 1.62 bits per heavy atom. The molecule has 0 spiro atoms. The second-order valence-corrected chi connectivity index (χ2v) is 2.99. The molecule has 4 heteroatoms. The Kier molecular flexibility index (Phi) is 7.63. The van der Waals surface area contributed by atoms with Gasteiger partial charge in [-0.25, -0.2) is 0 Å². The van der Waals surface area contributed by atoms with E-state index in [4.69, 9.17) is 9.84 Å². The molecule has 0 saturated carbocycles. The first-order valence-corrected chi connectivity index (χ1v) is 4.64. The Morgan fingerprint density at radius 3 is 2.77 bits per heavy atom. The monoisotopic (exact) mass is 189 g/mol. The van der Waals surface area contributed by atoms with E-state index in [1.165, 1.54) is 0 Å². The molecular formula is C9H19NO3. The molecule has 0 aromatic carbocycles. The van der Waals surface area contributed by atoms with Crippen LogP contribution in [0.5, 0.6) is 0 Å². The average molecular weight is 189 g/mol. The van der Waals surface area contributed by atoms with Crippen molar-refractivity contribution in [3.8, 4) is 0 Å². The number of ether oxygens (including phenoxy) is 1. The van der Waals surface area contributed by atoms with Crippen LogP contribution in [0.2, 0.25) is 0 Å². The van der Waals surface area contributed by atoms with E-state index in [-0.39, 0.29) is 5.92 Å². The van der Waals surface area contributed by atoms with Crippen LogP contribution < -0.4 is 5.32 Å². The van der Waals surface area contributed by atoms with Gasteiger partial charge in [0.1, 0.15) is 0 Å². The maximum absolute atomic E-state index is 10.6. The zero-order valence-corrected chi connectivity index (χ0v) is 8.38. The highest BCUT2D eigenvalue weighted by molar-refractivity contribution is 5.70. The molecule has 13 heavy (non-hydrogen) atoms. The molecule has 4 nitrogen and oxygen atoms in total. The normalized spacial score (nSPS) is 12.8. The molecule has 0 aliphatic heterocycles. The van der Waals surface area contributed by atoms with Crippen molar-refractivity contribution in [3.63, 3.8) is 0 Å². The summed E-state index contributed by atoms with van der Waals surface area (Å²) in [5.41, 5.74) is 0. The van der Waals surface area contributed by atoms with Gasteiger partial charge in [0, 0.05) is 20.3 Å². The minimum absolute atomic E-state index is 0.262. The van der Waals surface area contributed by atoms with Crippen LogP contribution >= 0.6 is 0 Å². The fraction of sp³-hybridized carbons (Fsp3) is 0.889. The van der Waals surface area contributed by atoms with Crippen LogP contribution in [0.25, 0.3) is 0 Å². The zero-order valence-electron chi connectivity index (χ0n) is 8.38. The first kappa shape index (κ1) is 12.4. The van der Waals surface area contributed by atoms with E-state index in [2.05, 4.69) is 5.32 Å². The molecule has 0 aliphatic rings. The molecule has 0 heterocycles. The summed E-state index contributed by atoms with van der Waals surface area (Å²) in [6, 6.07) is 0. The lowest BCUT2D eigenvalue weighted by Gasteiger charge is -2.10. The Balaban J connectivity index is 3.33. The van der Waals surface area contributed by atoms with Gasteiger partial charge in [0.05, 0.1) is 5.92 Å². The molecule has 1 unspecified atom stereocenters. The number of hydrogen-bond acceptors (Lipinski definition) is 3. The summed E-state index contributed by atoms with van der Waals surface area (Å²) in [5.74, 6) is -0.982. The largest absolute Gasteiger partial charge is 0.481 e. The third kappa shape index (κ3) is 6.54. The molecule has 0 fully saturated rings. The molecule has 0 aromatic rings. The third-order valence-electron chi connectivity index (χ3n) is 1.93. The first-order valence-electron chi connectivity index (χ1n) is 4.64. The van der Waals surface area contributed by atoms with Crippen molar-refractivity contribution in [1.29, 1.82) is 0 Å². The highest BCUT2D eigenvalue weighted by Gasteiger charge is 2.13. The lowest BCUT2D eigenvalue weighted by Crippen LogP contribution is -2.29. The molecule has 0 aliphatic carbocycles. The van der Waals surface area contributed by atoms with Gasteiger partial charge in [0.15, 0.2) is 0 Å². The van der Waals surface area contributed by atoms with Gasteiger partial charge in [-0.05, 0) is 19.4 Å². The topological polar surface area (TPSA) is 58.6 Å². The van der Waals surface area contributed by atoms with E-state index in [9.17, 15) is 4.79 Å². The highest BCUT2D eigenvalue weighted by Crippen LogP contribution is 1.99. The number of hydrogen-bond donors (Lipinski definition) is 2. The van der Waals surface area contributed by atoms with Crippen molar-refractivity contribution < 1.29 is 14.6 Å². The van der Waals surface area contributed by atoms with Crippen LogP contribution in [0.1, 0.15) is 19.8 Å². The van der Waals surface area contributed by atoms with Crippen LogP contribution in [0.3, 0.4) is 0 Å². The van der Waals surface area contributed by atoms with Crippen LogP contribution in [-0.2, 0) is 9.53 Å². The summed E-state index contributed by atoms with van der Waals surface area (Å²) in [7, 11) is 1.66. The molecule has 78 valence electrons. The van der Waals surface area contributed by atoms with Gasteiger partial charge in [0.2, 0.25) is 0 Å².